The summed E-state index contributed by atoms with van der Waals surface area (Å²) in [4.78, 5) is 13.4. The number of fused-ring (bicyclic) bond motifs is 1. The average Bonchev–Trinajstić information content (AvgIpc) is 3.16. The van der Waals surface area contributed by atoms with Crippen LogP contribution in [-0.2, 0) is 14.8 Å². The number of benzene rings is 2. The van der Waals surface area contributed by atoms with Gasteiger partial charge in [0.05, 0.1) is 4.90 Å². The number of hydrogen-bond acceptors (Lipinski definition) is 6. The highest BCUT2D eigenvalue weighted by Crippen LogP contribution is 2.35. The minimum absolute atomic E-state index is 0.199. The number of nitrogens with zero attached hydrogens (tertiary/aromatic N) is 2. The molecule has 0 spiro atoms. The fourth-order valence-electron chi connectivity index (χ4n) is 3.33. The van der Waals surface area contributed by atoms with Gasteiger partial charge in [0.15, 0.2) is 11.5 Å². The molecule has 8 nitrogen and oxygen atoms in total. The van der Waals surface area contributed by atoms with Crippen LogP contribution < -0.4 is 19.7 Å². The highest BCUT2D eigenvalue weighted by atomic mass is 32.2. The van der Waals surface area contributed by atoms with Crippen LogP contribution in [0.2, 0.25) is 0 Å². The Morgan fingerprint density at radius 3 is 2.32 bits per heavy atom. The zero-order valence-corrected chi connectivity index (χ0v) is 16.2. The first-order valence-electron chi connectivity index (χ1n) is 8.96. The minimum atomic E-state index is -3.57. The van der Waals surface area contributed by atoms with Crippen molar-refractivity contribution in [3.63, 3.8) is 0 Å². The quantitative estimate of drug-likeness (QED) is 0.839. The van der Waals surface area contributed by atoms with Gasteiger partial charge in [-0.1, -0.05) is 0 Å². The monoisotopic (exact) mass is 403 g/mol. The number of carbonyl (C=O) groups is 1. The molecule has 2 heterocycles. The summed E-state index contributed by atoms with van der Waals surface area (Å²) in [5.41, 5.74) is 1.56. The summed E-state index contributed by atoms with van der Waals surface area (Å²) < 4.78 is 38.0. The maximum Gasteiger partial charge on any atom is 0.243 e. The van der Waals surface area contributed by atoms with E-state index in [4.69, 9.17) is 9.47 Å². The number of amides is 1. The van der Waals surface area contributed by atoms with E-state index in [2.05, 4.69) is 10.2 Å². The molecule has 28 heavy (non-hydrogen) atoms. The number of anilines is 2. The average molecular weight is 403 g/mol. The van der Waals surface area contributed by atoms with Crippen molar-refractivity contribution in [2.75, 3.05) is 43.2 Å². The standard InChI is InChI=1S/C19H21N3O5S/c1-14(23)20-15-2-5-17(6-3-15)28(24,25)22-10-8-21(9-11-22)16-4-7-18-19(12-16)27-13-26-18/h2-7,12H,8-11,13H2,1H3,(H,20,23). The predicted octanol–water partition coefficient (Wildman–Crippen LogP) is 1.88. The van der Waals surface area contributed by atoms with E-state index in [1.807, 2.05) is 18.2 Å². The van der Waals surface area contributed by atoms with Crippen molar-refractivity contribution in [3.8, 4) is 11.5 Å². The molecule has 0 radical (unpaired) electrons. The number of hydrogen-bond donors (Lipinski definition) is 1. The summed E-state index contributed by atoms with van der Waals surface area (Å²) in [6.45, 7) is 3.59. The predicted molar refractivity (Wildman–Crippen MR) is 104 cm³/mol. The molecule has 0 aromatic heterocycles. The molecule has 2 aromatic carbocycles. The van der Waals surface area contributed by atoms with E-state index in [1.54, 1.807) is 12.1 Å². The number of piperazine rings is 1. The van der Waals surface area contributed by atoms with E-state index in [1.165, 1.54) is 23.4 Å². The van der Waals surface area contributed by atoms with Crippen molar-refractivity contribution < 1.29 is 22.7 Å². The summed E-state index contributed by atoms with van der Waals surface area (Å²) in [6.07, 6.45) is 0. The molecule has 9 heteroatoms. The lowest BCUT2D eigenvalue weighted by Crippen LogP contribution is -2.48. The Hall–Kier alpha value is -2.78. The second kappa shape index (κ2) is 7.33. The molecule has 1 saturated heterocycles. The topological polar surface area (TPSA) is 88.2 Å². The van der Waals surface area contributed by atoms with Crippen molar-refractivity contribution >= 4 is 27.3 Å². The smallest absolute Gasteiger partial charge is 0.243 e. The number of ether oxygens (including phenoxy) is 2. The van der Waals surface area contributed by atoms with Crippen molar-refractivity contribution in [2.45, 2.75) is 11.8 Å². The Labute approximate surface area is 163 Å². The molecule has 4 rings (SSSR count). The van der Waals surface area contributed by atoms with Crippen molar-refractivity contribution in [1.29, 1.82) is 0 Å². The van der Waals surface area contributed by atoms with Gasteiger partial charge in [0.25, 0.3) is 0 Å². The van der Waals surface area contributed by atoms with Gasteiger partial charge in [0.1, 0.15) is 0 Å². The Bertz CT molecular complexity index is 983. The van der Waals surface area contributed by atoms with E-state index in [0.717, 1.165) is 11.4 Å². The van der Waals surface area contributed by atoms with E-state index in [-0.39, 0.29) is 17.6 Å². The summed E-state index contributed by atoms with van der Waals surface area (Å²) >= 11 is 0. The Balaban J connectivity index is 1.43. The van der Waals surface area contributed by atoms with Crippen LogP contribution in [0.25, 0.3) is 0 Å². The van der Waals surface area contributed by atoms with Gasteiger partial charge < -0.3 is 19.7 Å². The summed E-state index contributed by atoms with van der Waals surface area (Å²) in [5.74, 6) is 1.25. The van der Waals surface area contributed by atoms with Gasteiger partial charge in [0.2, 0.25) is 22.7 Å². The first-order chi connectivity index (χ1) is 13.4. The molecular formula is C19H21N3O5S. The SMILES string of the molecule is CC(=O)Nc1ccc(S(=O)(=O)N2CCN(c3ccc4c(c3)OCO4)CC2)cc1. The third-order valence-corrected chi connectivity index (χ3v) is 6.69. The van der Waals surface area contributed by atoms with Crippen molar-refractivity contribution in [1.82, 2.24) is 4.31 Å². The zero-order chi connectivity index (χ0) is 19.7. The largest absolute Gasteiger partial charge is 0.454 e. The molecule has 2 aliphatic heterocycles. The van der Waals surface area contributed by atoms with Crippen molar-refractivity contribution in [3.05, 3.63) is 42.5 Å². The molecule has 1 N–H and O–H groups in total. The summed E-state index contributed by atoms with van der Waals surface area (Å²) in [6, 6.07) is 12.0. The molecule has 148 valence electrons. The van der Waals surface area contributed by atoms with Crippen LogP contribution in [0, 0.1) is 0 Å². The lowest BCUT2D eigenvalue weighted by atomic mass is 10.2. The van der Waals surface area contributed by atoms with Crippen molar-refractivity contribution in [2.24, 2.45) is 0 Å². The first-order valence-corrected chi connectivity index (χ1v) is 10.4. The maximum atomic E-state index is 12.9. The molecule has 1 fully saturated rings. The van der Waals surface area contributed by atoms with Gasteiger partial charge in [0, 0.05) is 50.5 Å². The fraction of sp³-hybridized carbons (Fsp3) is 0.316. The molecule has 0 atom stereocenters. The van der Waals surface area contributed by atoms with E-state index in [0.29, 0.717) is 37.6 Å². The van der Waals surface area contributed by atoms with Crippen LogP contribution in [0.4, 0.5) is 11.4 Å². The summed E-state index contributed by atoms with van der Waals surface area (Å²) in [7, 11) is -3.57. The number of sulfonamides is 1. The molecule has 1 amide bonds. The Kier molecular flexibility index (Phi) is 4.86. The van der Waals surface area contributed by atoms with Gasteiger partial charge >= 0.3 is 0 Å². The lowest BCUT2D eigenvalue weighted by molar-refractivity contribution is -0.114. The molecule has 0 saturated carbocycles. The van der Waals surface area contributed by atoms with Crippen LogP contribution in [0.1, 0.15) is 6.92 Å². The van der Waals surface area contributed by atoms with Gasteiger partial charge in [-0.15, -0.1) is 0 Å². The lowest BCUT2D eigenvalue weighted by Gasteiger charge is -2.35. The first kappa shape index (κ1) is 18.6. The number of carbonyl (C=O) groups excluding carboxylic acids is 1. The van der Waals surface area contributed by atoms with Gasteiger partial charge in [-0.05, 0) is 36.4 Å². The summed E-state index contributed by atoms with van der Waals surface area (Å²) in [5, 5.41) is 2.63. The van der Waals surface area contributed by atoms with E-state index >= 15 is 0 Å². The number of nitrogens with one attached hydrogen (secondary N) is 1. The zero-order valence-electron chi connectivity index (χ0n) is 15.4. The maximum absolute atomic E-state index is 12.9. The molecule has 2 aliphatic rings. The van der Waals surface area contributed by atoms with Gasteiger partial charge in [-0.3, -0.25) is 4.79 Å². The van der Waals surface area contributed by atoms with E-state index in [9.17, 15) is 13.2 Å². The minimum Gasteiger partial charge on any atom is -0.454 e. The fourth-order valence-corrected chi connectivity index (χ4v) is 4.75. The van der Waals surface area contributed by atoms with E-state index < -0.39 is 10.0 Å². The highest BCUT2D eigenvalue weighted by Gasteiger charge is 2.29. The second-order valence-corrected chi connectivity index (χ2v) is 8.57. The van der Waals surface area contributed by atoms with Crippen LogP contribution >= 0.6 is 0 Å². The number of rotatable bonds is 4. The molecule has 0 unspecified atom stereocenters. The third-order valence-electron chi connectivity index (χ3n) is 4.77. The highest BCUT2D eigenvalue weighted by molar-refractivity contribution is 7.89. The van der Waals surface area contributed by atoms with Crippen LogP contribution in [-0.4, -0.2) is 51.6 Å². The van der Waals surface area contributed by atoms with Gasteiger partial charge in [-0.2, -0.15) is 4.31 Å². The molecular weight excluding hydrogens is 382 g/mol. The third kappa shape index (κ3) is 3.63. The molecule has 0 bridgehead atoms. The van der Waals surface area contributed by atoms with Crippen LogP contribution in [0.5, 0.6) is 11.5 Å². The van der Waals surface area contributed by atoms with Gasteiger partial charge in [-0.25, -0.2) is 8.42 Å². The van der Waals surface area contributed by atoms with Crippen LogP contribution in [0.15, 0.2) is 47.4 Å². The van der Waals surface area contributed by atoms with Crippen LogP contribution in [0.3, 0.4) is 0 Å². The molecule has 0 aliphatic carbocycles. The second-order valence-electron chi connectivity index (χ2n) is 6.63. The molecule has 2 aromatic rings. The Morgan fingerprint density at radius 2 is 1.64 bits per heavy atom. The normalized spacial score (nSPS) is 16.8. The Morgan fingerprint density at radius 1 is 0.964 bits per heavy atom.